The number of ether oxygens (including phenoxy) is 1. The maximum absolute atomic E-state index is 6.15. The lowest BCUT2D eigenvalue weighted by atomic mass is 10.2. The predicted molar refractivity (Wildman–Crippen MR) is 71.9 cm³/mol. The Hall–Kier alpha value is -1.52. The Morgan fingerprint density at radius 1 is 1.44 bits per heavy atom. The van der Waals surface area contributed by atoms with Crippen LogP contribution in [-0.4, -0.2) is 23.2 Å². The minimum absolute atomic E-state index is 0.566. The summed E-state index contributed by atoms with van der Waals surface area (Å²) in [5, 5.41) is 3.75. The van der Waals surface area contributed by atoms with Gasteiger partial charge in [0.25, 0.3) is 0 Å². The van der Waals surface area contributed by atoms with Gasteiger partial charge in [0.05, 0.1) is 17.9 Å². The Kier molecular flexibility index (Phi) is 4.61. The van der Waals surface area contributed by atoms with Crippen LogP contribution in [0.2, 0.25) is 5.02 Å². The molecule has 5 heteroatoms. The molecule has 0 amide bonds. The van der Waals surface area contributed by atoms with E-state index >= 15 is 0 Å². The molecule has 1 aromatic carbocycles. The Balaban J connectivity index is 1.99. The Bertz CT molecular complexity index is 485. The minimum atomic E-state index is 0.566. The Morgan fingerprint density at radius 3 is 3.06 bits per heavy atom. The van der Waals surface area contributed by atoms with Crippen LogP contribution in [0.4, 0.5) is 0 Å². The van der Waals surface area contributed by atoms with E-state index in [0.29, 0.717) is 11.6 Å². The molecule has 0 spiro atoms. The fraction of sp³-hybridized carbons (Fsp3) is 0.308. The van der Waals surface area contributed by atoms with Crippen LogP contribution in [-0.2, 0) is 13.1 Å². The summed E-state index contributed by atoms with van der Waals surface area (Å²) in [4.78, 5) is 3.98. The van der Waals surface area contributed by atoms with Gasteiger partial charge in [-0.25, -0.2) is 4.98 Å². The van der Waals surface area contributed by atoms with Crippen molar-refractivity contribution in [1.82, 2.24) is 14.9 Å². The first kappa shape index (κ1) is 12.9. The van der Waals surface area contributed by atoms with Gasteiger partial charge in [0.15, 0.2) is 0 Å². The number of nitrogens with zero attached hydrogens (tertiary/aromatic N) is 2. The zero-order valence-corrected chi connectivity index (χ0v) is 11.0. The van der Waals surface area contributed by atoms with E-state index in [1.54, 1.807) is 12.5 Å². The summed E-state index contributed by atoms with van der Waals surface area (Å²) in [6, 6.07) is 5.78. The topological polar surface area (TPSA) is 39.1 Å². The highest BCUT2D eigenvalue weighted by Crippen LogP contribution is 2.28. The third-order valence-corrected chi connectivity index (χ3v) is 2.87. The van der Waals surface area contributed by atoms with E-state index in [9.17, 15) is 0 Å². The first-order valence-electron chi connectivity index (χ1n) is 5.82. The quantitative estimate of drug-likeness (QED) is 0.871. The third kappa shape index (κ3) is 3.24. The molecule has 2 rings (SSSR count). The van der Waals surface area contributed by atoms with Gasteiger partial charge in [-0.3, -0.25) is 0 Å². The molecule has 1 N–H and O–H groups in total. The summed E-state index contributed by atoms with van der Waals surface area (Å²) in [5.41, 5.74) is 1.07. The van der Waals surface area contributed by atoms with Gasteiger partial charge in [0.1, 0.15) is 12.4 Å². The normalized spacial score (nSPS) is 10.6. The monoisotopic (exact) mass is 265 g/mol. The van der Waals surface area contributed by atoms with Crippen LogP contribution in [0.3, 0.4) is 0 Å². The summed E-state index contributed by atoms with van der Waals surface area (Å²) < 4.78 is 7.74. The van der Waals surface area contributed by atoms with Crippen molar-refractivity contribution in [2.45, 2.75) is 13.1 Å². The van der Waals surface area contributed by atoms with Crippen LogP contribution < -0.4 is 10.1 Å². The maximum atomic E-state index is 6.15. The van der Waals surface area contributed by atoms with E-state index < -0.39 is 0 Å². The number of nitrogens with one attached hydrogen (secondary N) is 1. The van der Waals surface area contributed by atoms with E-state index in [0.717, 1.165) is 24.4 Å². The van der Waals surface area contributed by atoms with Crippen LogP contribution in [0.15, 0.2) is 36.9 Å². The molecular weight excluding hydrogens is 250 g/mol. The zero-order chi connectivity index (χ0) is 12.8. The molecule has 0 saturated heterocycles. The van der Waals surface area contributed by atoms with Gasteiger partial charge in [-0.15, -0.1) is 0 Å². The van der Waals surface area contributed by atoms with Gasteiger partial charge in [-0.2, -0.15) is 0 Å². The Labute approximate surface area is 112 Å². The summed E-state index contributed by atoms with van der Waals surface area (Å²) in [6.07, 6.45) is 5.43. The number of halogens is 1. The van der Waals surface area contributed by atoms with Gasteiger partial charge in [-0.1, -0.05) is 23.7 Å². The maximum Gasteiger partial charge on any atom is 0.142 e. The third-order valence-electron chi connectivity index (χ3n) is 2.57. The van der Waals surface area contributed by atoms with Crippen molar-refractivity contribution < 1.29 is 4.74 Å². The van der Waals surface area contributed by atoms with Gasteiger partial charge < -0.3 is 14.6 Å². The lowest BCUT2D eigenvalue weighted by molar-refractivity contribution is 0.295. The summed E-state index contributed by atoms with van der Waals surface area (Å²) in [5.74, 6) is 0.758. The van der Waals surface area contributed by atoms with Crippen LogP contribution in [0.25, 0.3) is 0 Å². The molecule has 0 saturated carbocycles. The van der Waals surface area contributed by atoms with Gasteiger partial charge in [0.2, 0.25) is 0 Å². The molecule has 0 atom stereocenters. The number of imidazole rings is 1. The van der Waals surface area contributed by atoms with Gasteiger partial charge in [-0.05, 0) is 13.1 Å². The van der Waals surface area contributed by atoms with Crippen LogP contribution in [0.1, 0.15) is 5.56 Å². The van der Waals surface area contributed by atoms with Crippen molar-refractivity contribution in [3.8, 4) is 5.75 Å². The minimum Gasteiger partial charge on any atom is -0.490 e. The van der Waals surface area contributed by atoms with Crippen molar-refractivity contribution in [2.75, 3.05) is 13.7 Å². The van der Waals surface area contributed by atoms with Crippen molar-refractivity contribution in [2.24, 2.45) is 0 Å². The fourth-order valence-corrected chi connectivity index (χ4v) is 1.97. The number of aromatic nitrogens is 2. The SMILES string of the molecule is CNCc1cccc(Cl)c1OCCn1ccnc1. The molecule has 1 aromatic heterocycles. The molecule has 1 heterocycles. The van der Waals surface area contributed by atoms with E-state index in [1.807, 2.05) is 36.0 Å². The number of para-hydroxylation sites is 1. The second-order valence-corrected chi connectivity index (χ2v) is 4.31. The van der Waals surface area contributed by atoms with Gasteiger partial charge in [0, 0.05) is 24.5 Å². The predicted octanol–water partition coefficient (Wildman–Crippen LogP) is 2.33. The highest BCUT2D eigenvalue weighted by Gasteiger charge is 2.07. The Morgan fingerprint density at radius 2 is 2.33 bits per heavy atom. The van der Waals surface area contributed by atoms with Crippen LogP contribution >= 0.6 is 11.6 Å². The molecule has 0 bridgehead atoms. The number of rotatable bonds is 6. The highest BCUT2D eigenvalue weighted by molar-refractivity contribution is 6.32. The molecule has 18 heavy (non-hydrogen) atoms. The molecule has 0 fully saturated rings. The molecule has 0 aliphatic rings. The van der Waals surface area contributed by atoms with E-state index in [1.165, 1.54) is 0 Å². The number of hydrogen-bond acceptors (Lipinski definition) is 3. The van der Waals surface area contributed by atoms with Gasteiger partial charge >= 0.3 is 0 Å². The second-order valence-electron chi connectivity index (χ2n) is 3.91. The molecule has 2 aromatic rings. The average Bonchev–Trinajstić information content (AvgIpc) is 2.86. The van der Waals surface area contributed by atoms with Crippen molar-refractivity contribution in [3.05, 3.63) is 47.5 Å². The summed E-state index contributed by atoms with van der Waals surface area (Å²) in [6.45, 7) is 2.06. The van der Waals surface area contributed by atoms with E-state index in [4.69, 9.17) is 16.3 Å². The lowest BCUT2D eigenvalue weighted by Crippen LogP contribution is -2.11. The first-order chi connectivity index (χ1) is 8.81. The standard InChI is InChI=1S/C13H16ClN3O/c1-15-9-11-3-2-4-12(14)13(11)18-8-7-17-6-5-16-10-17/h2-6,10,15H,7-9H2,1H3. The first-order valence-corrected chi connectivity index (χ1v) is 6.19. The van der Waals surface area contributed by atoms with E-state index in [-0.39, 0.29) is 0 Å². The average molecular weight is 266 g/mol. The molecule has 0 unspecified atom stereocenters. The highest BCUT2D eigenvalue weighted by atomic mass is 35.5. The number of benzene rings is 1. The van der Waals surface area contributed by atoms with Crippen molar-refractivity contribution >= 4 is 11.6 Å². The van der Waals surface area contributed by atoms with Crippen LogP contribution in [0.5, 0.6) is 5.75 Å². The molecule has 0 aliphatic heterocycles. The second kappa shape index (κ2) is 6.42. The summed E-state index contributed by atoms with van der Waals surface area (Å²) >= 11 is 6.15. The zero-order valence-electron chi connectivity index (χ0n) is 10.3. The van der Waals surface area contributed by atoms with Crippen molar-refractivity contribution in [1.29, 1.82) is 0 Å². The molecule has 0 aliphatic carbocycles. The molecule has 0 radical (unpaired) electrons. The van der Waals surface area contributed by atoms with Crippen molar-refractivity contribution in [3.63, 3.8) is 0 Å². The lowest BCUT2D eigenvalue weighted by Gasteiger charge is -2.13. The largest absolute Gasteiger partial charge is 0.490 e. The molecule has 4 nitrogen and oxygen atoms in total. The molecule has 96 valence electrons. The summed E-state index contributed by atoms with van der Waals surface area (Å²) in [7, 11) is 1.90. The molecular formula is C13H16ClN3O. The van der Waals surface area contributed by atoms with E-state index in [2.05, 4.69) is 10.3 Å². The fourth-order valence-electron chi connectivity index (χ4n) is 1.72. The van der Waals surface area contributed by atoms with Crippen LogP contribution in [0, 0.1) is 0 Å². The smallest absolute Gasteiger partial charge is 0.142 e. The number of hydrogen-bond donors (Lipinski definition) is 1.